The van der Waals surface area contributed by atoms with Gasteiger partial charge in [-0.15, -0.1) is 0 Å². The quantitative estimate of drug-likeness (QED) is 0.513. The summed E-state index contributed by atoms with van der Waals surface area (Å²) in [5.74, 6) is -0.381. The highest BCUT2D eigenvalue weighted by atomic mass is 19.3. The molecule has 0 spiro atoms. The van der Waals surface area contributed by atoms with E-state index in [1.54, 1.807) is 12.1 Å². The number of rotatable bonds is 3. The Bertz CT molecular complexity index is 330. The maximum atomic E-state index is 11.9. The minimum atomic E-state index is -2.90. The molecule has 0 heterocycles. The van der Waals surface area contributed by atoms with Gasteiger partial charge in [0.15, 0.2) is 5.96 Å². The molecule has 76 valence electrons. The number of nitrogens with one attached hydrogen (secondary N) is 2. The predicted molar refractivity (Wildman–Crippen MR) is 48.6 cm³/mol. The summed E-state index contributed by atoms with van der Waals surface area (Å²) < 4.78 is 28.0. The van der Waals surface area contributed by atoms with Crippen LogP contribution in [-0.4, -0.2) is 12.6 Å². The van der Waals surface area contributed by atoms with Crippen molar-refractivity contribution in [3.8, 4) is 5.75 Å². The Morgan fingerprint density at radius 1 is 1.43 bits per heavy atom. The number of anilines is 1. The van der Waals surface area contributed by atoms with Crippen LogP contribution in [0.15, 0.2) is 24.3 Å². The third-order valence-corrected chi connectivity index (χ3v) is 1.37. The van der Waals surface area contributed by atoms with Gasteiger partial charge >= 0.3 is 6.61 Å². The average Bonchev–Trinajstić information content (AvgIpc) is 2.06. The Balaban J connectivity index is 2.85. The molecule has 0 saturated heterocycles. The van der Waals surface area contributed by atoms with E-state index in [-0.39, 0.29) is 17.4 Å². The number of nitrogens with two attached hydrogens (primary N) is 1. The van der Waals surface area contributed by atoms with Crippen LogP contribution in [0.3, 0.4) is 0 Å². The van der Waals surface area contributed by atoms with E-state index in [0.717, 1.165) is 0 Å². The van der Waals surface area contributed by atoms with Crippen molar-refractivity contribution in [1.82, 2.24) is 0 Å². The van der Waals surface area contributed by atoms with Gasteiger partial charge in [0.25, 0.3) is 0 Å². The fourth-order valence-corrected chi connectivity index (χ4v) is 0.914. The molecule has 14 heavy (non-hydrogen) atoms. The highest BCUT2D eigenvalue weighted by Crippen LogP contribution is 2.24. The highest BCUT2D eigenvalue weighted by Gasteiger charge is 2.08. The highest BCUT2D eigenvalue weighted by molar-refractivity contribution is 5.91. The molecule has 0 saturated carbocycles. The molecule has 0 bridgehead atoms. The number of alkyl halides is 2. The van der Waals surface area contributed by atoms with Crippen molar-refractivity contribution in [2.24, 2.45) is 5.73 Å². The molecule has 4 nitrogen and oxygen atoms in total. The lowest BCUT2D eigenvalue weighted by Gasteiger charge is -2.10. The second kappa shape index (κ2) is 4.40. The third kappa shape index (κ3) is 2.89. The molecule has 0 aliphatic rings. The van der Waals surface area contributed by atoms with Crippen LogP contribution in [0.2, 0.25) is 0 Å². The third-order valence-electron chi connectivity index (χ3n) is 1.37. The SMILES string of the molecule is N=C(N)Nc1ccccc1OC(F)F. The first-order chi connectivity index (χ1) is 6.59. The van der Waals surface area contributed by atoms with Crippen LogP contribution < -0.4 is 15.8 Å². The predicted octanol–water partition coefficient (Wildman–Crippen LogP) is 1.59. The van der Waals surface area contributed by atoms with Gasteiger partial charge in [-0.05, 0) is 12.1 Å². The smallest absolute Gasteiger partial charge is 0.387 e. The Hall–Kier alpha value is -1.85. The average molecular weight is 201 g/mol. The zero-order chi connectivity index (χ0) is 10.6. The van der Waals surface area contributed by atoms with Crippen molar-refractivity contribution in [3.05, 3.63) is 24.3 Å². The number of guanidine groups is 1. The van der Waals surface area contributed by atoms with Crippen molar-refractivity contribution in [3.63, 3.8) is 0 Å². The zero-order valence-electron chi connectivity index (χ0n) is 7.13. The number of hydrogen-bond donors (Lipinski definition) is 3. The lowest BCUT2D eigenvalue weighted by molar-refractivity contribution is -0.0493. The first-order valence-corrected chi connectivity index (χ1v) is 3.74. The Morgan fingerprint density at radius 3 is 2.64 bits per heavy atom. The standard InChI is InChI=1S/C8H9F2N3O/c9-7(10)14-6-4-2-1-3-5(6)13-8(11)12/h1-4,7H,(H4,11,12,13). The second-order valence-electron chi connectivity index (χ2n) is 2.41. The summed E-state index contributed by atoms with van der Waals surface area (Å²) in [7, 11) is 0. The van der Waals surface area contributed by atoms with Gasteiger partial charge in [-0.1, -0.05) is 12.1 Å². The molecule has 0 unspecified atom stereocenters. The largest absolute Gasteiger partial charge is 0.433 e. The lowest BCUT2D eigenvalue weighted by Crippen LogP contribution is -2.21. The molecular weight excluding hydrogens is 192 g/mol. The van der Waals surface area contributed by atoms with Crippen molar-refractivity contribution in [2.45, 2.75) is 6.61 Å². The van der Waals surface area contributed by atoms with Gasteiger partial charge < -0.3 is 15.8 Å². The van der Waals surface area contributed by atoms with Crippen molar-refractivity contribution >= 4 is 11.6 Å². The maximum Gasteiger partial charge on any atom is 0.387 e. The van der Waals surface area contributed by atoms with Crippen LogP contribution in [0.5, 0.6) is 5.75 Å². The van der Waals surface area contributed by atoms with Gasteiger partial charge in [-0.3, -0.25) is 5.41 Å². The number of ether oxygens (including phenoxy) is 1. The van der Waals surface area contributed by atoms with E-state index >= 15 is 0 Å². The zero-order valence-corrected chi connectivity index (χ0v) is 7.13. The molecule has 0 radical (unpaired) electrons. The summed E-state index contributed by atoms with van der Waals surface area (Å²) in [4.78, 5) is 0. The molecule has 0 fully saturated rings. The molecule has 0 aliphatic heterocycles. The van der Waals surface area contributed by atoms with Crippen LogP contribution in [0.25, 0.3) is 0 Å². The number of para-hydroxylation sites is 2. The van der Waals surface area contributed by atoms with E-state index in [4.69, 9.17) is 11.1 Å². The molecule has 0 atom stereocenters. The van der Waals surface area contributed by atoms with Gasteiger partial charge in [-0.25, -0.2) is 0 Å². The Labute approximate surface area is 79.2 Å². The van der Waals surface area contributed by atoms with Crippen molar-refractivity contribution in [1.29, 1.82) is 5.41 Å². The maximum absolute atomic E-state index is 11.9. The first-order valence-electron chi connectivity index (χ1n) is 3.74. The van der Waals surface area contributed by atoms with Crippen LogP contribution in [0.1, 0.15) is 0 Å². The molecular formula is C8H9F2N3O. The molecule has 1 aromatic rings. The van der Waals surface area contributed by atoms with E-state index in [0.29, 0.717) is 0 Å². The summed E-state index contributed by atoms with van der Waals surface area (Å²) >= 11 is 0. The van der Waals surface area contributed by atoms with Crippen LogP contribution >= 0.6 is 0 Å². The normalized spacial score (nSPS) is 9.93. The van der Waals surface area contributed by atoms with Gasteiger partial charge in [0.05, 0.1) is 5.69 Å². The molecule has 0 aliphatic carbocycles. The number of halogens is 2. The lowest BCUT2D eigenvalue weighted by atomic mass is 10.3. The fourth-order valence-electron chi connectivity index (χ4n) is 0.914. The minimum Gasteiger partial charge on any atom is -0.433 e. The van der Waals surface area contributed by atoms with E-state index in [1.165, 1.54) is 12.1 Å². The number of hydrogen-bond acceptors (Lipinski definition) is 2. The summed E-state index contributed by atoms with van der Waals surface area (Å²) in [5.41, 5.74) is 5.29. The van der Waals surface area contributed by atoms with Gasteiger partial charge in [0.1, 0.15) is 5.75 Å². The van der Waals surface area contributed by atoms with Crippen molar-refractivity contribution in [2.75, 3.05) is 5.32 Å². The van der Waals surface area contributed by atoms with E-state index in [1.807, 2.05) is 0 Å². The van der Waals surface area contributed by atoms with E-state index < -0.39 is 6.61 Å². The minimum absolute atomic E-state index is 0.0438. The van der Waals surface area contributed by atoms with Crippen LogP contribution in [-0.2, 0) is 0 Å². The fraction of sp³-hybridized carbons (Fsp3) is 0.125. The molecule has 4 N–H and O–H groups in total. The monoisotopic (exact) mass is 201 g/mol. The topological polar surface area (TPSA) is 71.1 Å². The summed E-state index contributed by atoms with van der Waals surface area (Å²) in [5, 5.41) is 9.32. The number of benzene rings is 1. The molecule has 1 rings (SSSR count). The summed E-state index contributed by atoms with van der Waals surface area (Å²) in [6.45, 7) is -2.90. The van der Waals surface area contributed by atoms with Gasteiger partial charge in [0, 0.05) is 0 Å². The molecule has 1 aromatic carbocycles. The second-order valence-corrected chi connectivity index (χ2v) is 2.41. The molecule has 0 amide bonds. The van der Waals surface area contributed by atoms with Gasteiger partial charge in [0.2, 0.25) is 0 Å². The Morgan fingerprint density at radius 2 is 2.07 bits per heavy atom. The van der Waals surface area contributed by atoms with Crippen LogP contribution in [0, 0.1) is 5.41 Å². The Kier molecular flexibility index (Phi) is 3.22. The summed E-state index contributed by atoms with van der Waals surface area (Å²) in [6, 6.07) is 6.00. The van der Waals surface area contributed by atoms with Gasteiger partial charge in [-0.2, -0.15) is 8.78 Å². The first kappa shape index (κ1) is 10.2. The molecule has 6 heteroatoms. The molecule has 0 aromatic heterocycles. The summed E-state index contributed by atoms with van der Waals surface area (Å²) in [6.07, 6.45) is 0. The van der Waals surface area contributed by atoms with Crippen molar-refractivity contribution < 1.29 is 13.5 Å². The van der Waals surface area contributed by atoms with E-state index in [2.05, 4.69) is 10.1 Å². The van der Waals surface area contributed by atoms with E-state index in [9.17, 15) is 8.78 Å². The van der Waals surface area contributed by atoms with Crippen LogP contribution in [0.4, 0.5) is 14.5 Å².